The van der Waals surface area contributed by atoms with Crippen molar-refractivity contribution in [3.8, 4) is 5.75 Å². The Hall–Kier alpha value is -1.66. The molecule has 1 aromatic heterocycles. The van der Waals surface area contributed by atoms with Gasteiger partial charge in [-0.2, -0.15) is 0 Å². The van der Waals surface area contributed by atoms with Crippen LogP contribution in [0.3, 0.4) is 0 Å². The fraction of sp³-hybridized carbons (Fsp3) is 0.600. The van der Waals surface area contributed by atoms with Crippen LogP contribution in [0.1, 0.15) is 16.8 Å². The molecule has 6 heteroatoms. The molecule has 0 aliphatic carbocycles. The number of methoxy groups -OCH3 is 1. The molecule has 1 aliphatic rings. The van der Waals surface area contributed by atoms with Crippen LogP contribution in [0.4, 0.5) is 0 Å². The average Bonchev–Trinajstić information content (AvgIpc) is 2.50. The van der Waals surface area contributed by atoms with E-state index in [9.17, 15) is 4.79 Å². The summed E-state index contributed by atoms with van der Waals surface area (Å²) in [6.45, 7) is 7.04. The van der Waals surface area contributed by atoms with Crippen molar-refractivity contribution in [3.63, 3.8) is 0 Å². The maximum Gasteiger partial charge on any atom is 0.238 e. The Balaban J connectivity index is 2.21. The van der Waals surface area contributed by atoms with Gasteiger partial charge in [0.15, 0.2) is 0 Å². The largest absolute Gasteiger partial charge is 0.496 e. The zero-order valence-electron chi connectivity index (χ0n) is 13.2. The number of aromatic nitrogens is 1. The topological polar surface area (TPSA) is 66.5 Å². The molecule has 21 heavy (non-hydrogen) atoms. The zero-order valence-corrected chi connectivity index (χ0v) is 13.2. The molecule has 0 bridgehead atoms. The van der Waals surface area contributed by atoms with Crippen molar-refractivity contribution in [2.75, 3.05) is 33.8 Å². The van der Waals surface area contributed by atoms with Crippen LogP contribution in [0.15, 0.2) is 6.20 Å². The number of pyridine rings is 1. The molecule has 1 amide bonds. The van der Waals surface area contributed by atoms with Gasteiger partial charge in [0.25, 0.3) is 0 Å². The quantitative estimate of drug-likeness (QED) is 0.831. The molecular weight excluding hydrogens is 268 g/mol. The first-order chi connectivity index (χ1) is 10.1. The first-order valence-corrected chi connectivity index (χ1v) is 7.24. The third kappa shape index (κ3) is 3.33. The van der Waals surface area contributed by atoms with Gasteiger partial charge < -0.3 is 15.4 Å². The molecule has 0 radical (unpaired) electrons. The van der Waals surface area contributed by atoms with Crippen molar-refractivity contribution >= 4 is 5.91 Å². The molecule has 2 rings (SSSR count). The SMILES string of the molecule is CNC(=O)C1CNCCN1Cc1ncc(C)c(OC)c1C. The minimum Gasteiger partial charge on any atom is -0.496 e. The Morgan fingerprint density at radius 2 is 2.33 bits per heavy atom. The number of piperazine rings is 1. The van der Waals surface area contributed by atoms with Gasteiger partial charge in [-0.05, 0) is 13.8 Å². The minimum absolute atomic E-state index is 0.0407. The number of nitrogens with one attached hydrogen (secondary N) is 2. The fourth-order valence-electron chi connectivity index (χ4n) is 2.78. The number of nitrogens with zero attached hydrogens (tertiary/aromatic N) is 2. The molecule has 1 unspecified atom stereocenters. The number of hydrogen-bond donors (Lipinski definition) is 2. The van der Waals surface area contributed by atoms with Gasteiger partial charge in [0.05, 0.1) is 12.8 Å². The zero-order chi connectivity index (χ0) is 15.4. The summed E-state index contributed by atoms with van der Waals surface area (Å²) in [5.41, 5.74) is 3.04. The van der Waals surface area contributed by atoms with Crippen LogP contribution in [0.2, 0.25) is 0 Å². The van der Waals surface area contributed by atoms with E-state index in [0.29, 0.717) is 13.1 Å². The van der Waals surface area contributed by atoms with Crippen molar-refractivity contribution in [1.82, 2.24) is 20.5 Å². The van der Waals surface area contributed by atoms with Crippen LogP contribution in [-0.2, 0) is 11.3 Å². The molecule has 1 atom stereocenters. The van der Waals surface area contributed by atoms with Gasteiger partial charge in [-0.3, -0.25) is 14.7 Å². The van der Waals surface area contributed by atoms with Crippen LogP contribution in [-0.4, -0.2) is 55.6 Å². The van der Waals surface area contributed by atoms with E-state index in [1.54, 1.807) is 14.2 Å². The molecule has 2 N–H and O–H groups in total. The molecule has 1 saturated heterocycles. The maximum absolute atomic E-state index is 12.0. The molecular formula is C15H24N4O2. The molecule has 0 spiro atoms. The summed E-state index contributed by atoms with van der Waals surface area (Å²) >= 11 is 0. The fourth-order valence-corrected chi connectivity index (χ4v) is 2.78. The number of ether oxygens (including phenoxy) is 1. The second kappa shape index (κ2) is 6.87. The van der Waals surface area contributed by atoms with Gasteiger partial charge in [0, 0.05) is 50.6 Å². The highest BCUT2D eigenvalue weighted by Crippen LogP contribution is 2.25. The van der Waals surface area contributed by atoms with Crippen LogP contribution in [0.25, 0.3) is 0 Å². The molecule has 2 heterocycles. The van der Waals surface area contributed by atoms with Crippen LogP contribution in [0.5, 0.6) is 5.75 Å². The van der Waals surface area contributed by atoms with Gasteiger partial charge in [-0.15, -0.1) is 0 Å². The summed E-state index contributed by atoms with van der Waals surface area (Å²) in [5.74, 6) is 0.922. The number of amides is 1. The lowest BCUT2D eigenvalue weighted by atomic mass is 10.1. The lowest BCUT2D eigenvalue weighted by molar-refractivity contribution is -0.126. The molecule has 0 aromatic carbocycles. The molecule has 0 saturated carbocycles. The predicted molar refractivity (Wildman–Crippen MR) is 81.4 cm³/mol. The molecule has 6 nitrogen and oxygen atoms in total. The average molecular weight is 292 g/mol. The van der Waals surface area contributed by atoms with Crippen molar-refractivity contribution < 1.29 is 9.53 Å². The second-order valence-corrected chi connectivity index (χ2v) is 5.35. The van der Waals surface area contributed by atoms with Gasteiger partial charge in [-0.25, -0.2) is 0 Å². The number of carbonyl (C=O) groups excluding carboxylic acids is 1. The highest BCUT2D eigenvalue weighted by Gasteiger charge is 2.28. The molecule has 1 aromatic rings. The number of rotatable bonds is 4. The Bertz CT molecular complexity index is 519. The van der Waals surface area contributed by atoms with Crippen molar-refractivity contribution in [3.05, 3.63) is 23.0 Å². The Labute approximate surface area is 125 Å². The van der Waals surface area contributed by atoms with Crippen LogP contribution in [0, 0.1) is 13.8 Å². The lowest BCUT2D eigenvalue weighted by Crippen LogP contribution is -2.57. The van der Waals surface area contributed by atoms with E-state index in [1.165, 1.54) is 0 Å². The monoisotopic (exact) mass is 292 g/mol. The highest BCUT2D eigenvalue weighted by atomic mass is 16.5. The Morgan fingerprint density at radius 1 is 1.57 bits per heavy atom. The third-order valence-electron chi connectivity index (χ3n) is 4.01. The number of likely N-dealkylation sites (N-methyl/N-ethyl adjacent to an activating group) is 1. The summed E-state index contributed by atoms with van der Waals surface area (Å²) < 4.78 is 5.45. The Morgan fingerprint density at radius 3 is 3.00 bits per heavy atom. The van der Waals surface area contributed by atoms with Gasteiger partial charge in [-0.1, -0.05) is 0 Å². The van der Waals surface area contributed by atoms with Crippen LogP contribution < -0.4 is 15.4 Å². The van der Waals surface area contributed by atoms with Gasteiger partial charge in [0.2, 0.25) is 5.91 Å². The standard InChI is InChI=1S/C15H24N4O2/c1-10-7-18-12(11(2)14(10)21-4)9-19-6-5-17-8-13(19)15(20)16-3/h7,13,17H,5-6,8-9H2,1-4H3,(H,16,20). The van der Waals surface area contributed by atoms with E-state index in [-0.39, 0.29) is 11.9 Å². The van der Waals surface area contributed by atoms with Crippen molar-refractivity contribution in [1.29, 1.82) is 0 Å². The van der Waals surface area contributed by atoms with Crippen molar-refractivity contribution in [2.45, 2.75) is 26.4 Å². The van der Waals surface area contributed by atoms with E-state index in [4.69, 9.17) is 4.74 Å². The van der Waals surface area contributed by atoms with E-state index in [2.05, 4.69) is 20.5 Å². The second-order valence-electron chi connectivity index (χ2n) is 5.35. The number of aryl methyl sites for hydroxylation is 1. The molecule has 1 fully saturated rings. The summed E-state index contributed by atoms with van der Waals surface area (Å²) in [7, 11) is 3.35. The lowest BCUT2D eigenvalue weighted by Gasteiger charge is -2.35. The highest BCUT2D eigenvalue weighted by molar-refractivity contribution is 5.81. The van der Waals surface area contributed by atoms with Gasteiger partial charge in [0.1, 0.15) is 11.8 Å². The minimum atomic E-state index is -0.155. The summed E-state index contributed by atoms with van der Waals surface area (Å²) in [6, 6.07) is -0.155. The predicted octanol–water partition coefficient (Wildman–Crippen LogP) is 0.227. The van der Waals surface area contributed by atoms with E-state index in [1.807, 2.05) is 20.0 Å². The number of carbonyl (C=O) groups is 1. The normalized spacial score (nSPS) is 19.3. The first-order valence-electron chi connectivity index (χ1n) is 7.24. The van der Waals surface area contributed by atoms with E-state index >= 15 is 0 Å². The molecule has 116 valence electrons. The summed E-state index contributed by atoms with van der Waals surface area (Å²) in [6.07, 6.45) is 1.83. The number of hydrogen-bond acceptors (Lipinski definition) is 5. The van der Waals surface area contributed by atoms with Gasteiger partial charge >= 0.3 is 0 Å². The Kier molecular flexibility index (Phi) is 5.14. The smallest absolute Gasteiger partial charge is 0.238 e. The summed E-state index contributed by atoms with van der Waals surface area (Å²) in [5, 5.41) is 6.00. The molecule has 1 aliphatic heterocycles. The third-order valence-corrected chi connectivity index (χ3v) is 4.01. The maximum atomic E-state index is 12.0. The van der Waals surface area contributed by atoms with E-state index < -0.39 is 0 Å². The van der Waals surface area contributed by atoms with E-state index in [0.717, 1.165) is 35.7 Å². The van der Waals surface area contributed by atoms with Crippen molar-refractivity contribution in [2.24, 2.45) is 0 Å². The van der Waals surface area contributed by atoms with Crippen LogP contribution >= 0.6 is 0 Å². The summed E-state index contributed by atoms with van der Waals surface area (Å²) in [4.78, 5) is 18.7. The first kappa shape index (κ1) is 15.7.